The number of pyridine rings is 1. The van der Waals surface area contributed by atoms with Gasteiger partial charge in [0.15, 0.2) is 5.43 Å². The maximum absolute atomic E-state index is 12.8. The summed E-state index contributed by atoms with van der Waals surface area (Å²) in [4.78, 5) is 16.1. The smallest absolute Gasteiger partial charge is 0.193 e. The minimum Gasteiger partial charge on any atom is -0.358 e. The average molecular weight is 284 g/mol. The van der Waals surface area contributed by atoms with Crippen molar-refractivity contribution < 1.29 is 0 Å². The average Bonchev–Trinajstić information content (AvgIpc) is 2.46. The lowest BCUT2D eigenvalue weighted by Crippen LogP contribution is -2.13. The van der Waals surface area contributed by atoms with Crippen LogP contribution >= 0.6 is 11.6 Å². The number of hydrogen-bond acceptors (Lipinski definition) is 1. The van der Waals surface area contributed by atoms with Crippen LogP contribution in [0.5, 0.6) is 0 Å². The van der Waals surface area contributed by atoms with Crippen LogP contribution in [0.25, 0.3) is 21.7 Å². The zero-order chi connectivity index (χ0) is 14.1. The summed E-state index contributed by atoms with van der Waals surface area (Å²) < 4.78 is 0. The van der Waals surface area contributed by atoms with Crippen molar-refractivity contribution in [3.05, 3.63) is 69.5 Å². The number of H-pyrrole nitrogens is 1. The SMILES string of the molecule is Cc1[nH]c2ccc3ccccc3c2c(=O)c1CC=CCl. The van der Waals surface area contributed by atoms with Crippen molar-refractivity contribution in [3.8, 4) is 0 Å². The van der Waals surface area contributed by atoms with E-state index in [-0.39, 0.29) is 5.43 Å². The van der Waals surface area contributed by atoms with Gasteiger partial charge < -0.3 is 4.98 Å². The van der Waals surface area contributed by atoms with Crippen LogP contribution < -0.4 is 5.43 Å². The summed E-state index contributed by atoms with van der Waals surface area (Å²) in [5, 5.41) is 2.82. The molecule has 0 saturated carbocycles. The van der Waals surface area contributed by atoms with Crippen LogP contribution in [0.3, 0.4) is 0 Å². The van der Waals surface area contributed by atoms with E-state index in [0.717, 1.165) is 32.9 Å². The molecule has 100 valence electrons. The fraction of sp³-hybridized carbons (Fsp3) is 0.118. The number of fused-ring (bicyclic) bond motifs is 3. The van der Waals surface area contributed by atoms with Crippen LogP contribution in [0, 0.1) is 6.92 Å². The first-order valence-electron chi connectivity index (χ1n) is 6.51. The summed E-state index contributed by atoms with van der Waals surface area (Å²) in [7, 11) is 0. The minimum absolute atomic E-state index is 0.0859. The van der Waals surface area contributed by atoms with Crippen LogP contribution in [0.4, 0.5) is 0 Å². The van der Waals surface area contributed by atoms with Gasteiger partial charge in [0.2, 0.25) is 0 Å². The summed E-state index contributed by atoms with van der Waals surface area (Å²) in [6.07, 6.45) is 2.33. The molecule has 0 spiro atoms. The third-order valence-electron chi connectivity index (χ3n) is 3.62. The standard InChI is InChI=1S/C17H14ClNO/c1-11-13(7-4-10-18)17(20)16-14-6-3-2-5-12(14)8-9-15(16)19-11/h2-6,8-10H,7H2,1H3,(H,19,20). The second kappa shape index (κ2) is 5.14. The fourth-order valence-corrected chi connectivity index (χ4v) is 2.72. The predicted molar refractivity (Wildman–Crippen MR) is 85.5 cm³/mol. The molecule has 0 unspecified atom stereocenters. The Balaban J connectivity index is 2.44. The van der Waals surface area contributed by atoms with Crippen molar-refractivity contribution in [1.29, 1.82) is 0 Å². The molecule has 0 aliphatic rings. The van der Waals surface area contributed by atoms with Crippen molar-refractivity contribution in [1.82, 2.24) is 4.98 Å². The van der Waals surface area contributed by atoms with E-state index in [0.29, 0.717) is 6.42 Å². The lowest BCUT2D eigenvalue weighted by atomic mass is 10.0. The molecule has 0 fully saturated rings. The lowest BCUT2D eigenvalue weighted by molar-refractivity contribution is 1.12. The Morgan fingerprint density at radius 3 is 2.80 bits per heavy atom. The zero-order valence-electron chi connectivity index (χ0n) is 11.1. The van der Waals surface area contributed by atoms with Crippen molar-refractivity contribution in [3.63, 3.8) is 0 Å². The van der Waals surface area contributed by atoms with Gasteiger partial charge in [-0.1, -0.05) is 48.0 Å². The monoisotopic (exact) mass is 283 g/mol. The summed E-state index contributed by atoms with van der Waals surface area (Å²) in [5.74, 6) is 0. The second-order valence-corrected chi connectivity index (χ2v) is 5.08. The molecular formula is C17H14ClNO. The van der Waals surface area contributed by atoms with E-state index in [2.05, 4.69) is 4.98 Å². The van der Waals surface area contributed by atoms with Gasteiger partial charge in [0.05, 0.1) is 10.9 Å². The van der Waals surface area contributed by atoms with E-state index < -0.39 is 0 Å². The summed E-state index contributed by atoms with van der Waals surface area (Å²) >= 11 is 5.58. The Morgan fingerprint density at radius 2 is 2.00 bits per heavy atom. The summed E-state index contributed by atoms with van der Waals surface area (Å²) in [5.41, 5.74) is 4.08. The number of hydrogen-bond donors (Lipinski definition) is 1. The van der Waals surface area contributed by atoms with Crippen molar-refractivity contribution in [2.24, 2.45) is 0 Å². The lowest BCUT2D eigenvalue weighted by Gasteiger charge is -2.08. The molecule has 3 rings (SSSR count). The zero-order valence-corrected chi connectivity index (χ0v) is 11.9. The van der Waals surface area contributed by atoms with Gasteiger partial charge in [-0.25, -0.2) is 0 Å². The van der Waals surface area contributed by atoms with E-state index in [9.17, 15) is 4.79 Å². The Morgan fingerprint density at radius 1 is 1.20 bits per heavy atom. The van der Waals surface area contributed by atoms with Gasteiger partial charge in [-0.05, 0) is 30.2 Å². The van der Waals surface area contributed by atoms with Crippen molar-refractivity contribution >= 4 is 33.3 Å². The van der Waals surface area contributed by atoms with E-state index in [1.54, 1.807) is 6.08 Å². The molecule has 2 aromatic carbocycles. The van der Waals surface area contributed by atoms with Gasteiger partial charge in [0, 0.05) is 16.8 Å². The number of benzene rings is 2. The maximum atomic E-state index is 12.8. The van der Waals surface area contributed by atoms with E-state index in [4.69, 9.17) is 11.6 Å². The Labute approximate surface area is 121 Å². The molecule has 0 aliphatic heterocycles. The molecule has 0 bridgehead atoms. The van der Waals surface area contributed by atoms with Crippen molar-refractivity contribution in [2.75, 3.05) is 0 Å². The molecule has 0 atom stereocenters. The van der Waals surface area contributed by atoms with Gasteiger partial charge in [-0.2, -0.15) is 0 Å². The first-order chi connectivity index (χ1) is 9.72. The van der Waals surface area contributed by atoms with Crippen LogP contribution in [0.2, 0.25) is 0 Å². The number of nitrogens with one attached hydrogen (secondary N) is 1. The molecule has 0 radical (unpaired) electrons. The topological polar surface area (TPSA) is 32.9 Å². The summed E-state index contributed by atoms with van der Waals surface area (Å²) in [6, 6.07) is 11.9. The van der Waals surface area contributed by atoms with Gasteiger partial charge >= 0.3 is 0 Å². The van der Waals surface area contributed by atoms with Crippen LogP contribution in [0.1, 0.15) is 11.3 Å². The largest absolute Gasteiger partial charge is 0.358 e. The Kier molecular flexibility index (Phi) is 3.33. The molecule has 0 aliphatic carbocycles. The molecular weight excluding hydrogens is 270 g/mol. The number of aryl methyl sites for hydroxylation is 1. The Hall–Kier alpha value is -2.06. The third-order valence-corrected chi connectivity index (χ3v) is 3.79. The predicted octanol–water partition coefficient (Wildman–Crippen LogP) is 4.28. The van der Waals surface area contributed by atoms with Gasteiger partial charge in [-0.3, -0.25) is 4.79 Å². The molecule has 0 amide bonds. The molecule has 0 saturated heterocycles. The van der Waals surface area contributed by atoms with Gasteiger partial charge in [-0.15, -0.1) is 0 Å². The summed E-state index contributed by atoms with van der Waals surface area (Å²) in [6.45, 7) is 1.92. The van der Waals surface area contributed by atoms with Crippen molar-refractivity contribution in [2.45, 2.75) is 13.3 Å². The molecule has 2 nitrogen and oxygen atoms in total. The van der Waals surface area contributed by atoms with Crippen LogP contribution in [-0.4, -0.2) is 4.98 Å². The molecule has 1 heterocycles. The highest BCUT2D eigenvalue weighted by molar-refractivity contribution is 6.25. The number of aromatic nitrogens is 1. The third kappa shape index (κ3) is 2.02. The quantitative estimate of drug-likeness (QED) is 0.700. The molecule has 3 heteroatoms. The number of aromatic amines is 1. The van der Waals surface area contributed by atoms with Crippen LogP contribution in [0.15, 0.2) is 52.8 Å². The highest BCUT2D eigenvalue weighted by atomic mass is 35.5. The molecule has 1 aromatic heterocycles. The second-order valence-electron chi connectivity index (χ2n) is 4.83. The molecule has 3 aromatic rings. The van der Waals surface area contributed by atoms with E-state index in [1.807, 2.05) is 43.3 Å². The number of rotatable bonds is 2. The highest BCUT2D eigenvalue weighted by Gasteiger charge is 2.10. The van der Waals surface area contributed by atoms with E-state index >= 15 is 0 Å². The minimum atomic E-state index is 0.0859. The molecule has 1 N–H and O–H groups in total. The maximum Gasteiger partial charge on any atom is 0.193 e. The number of halogens is 1. The first-order valence-corrected chi connectivity index (χ1v) is 6.94. The number of allylic oxidation sites excluding steroid dienone is 1. The Bertz CT molecular complexity index is 877. The van der Waals surface area contributed by atoms with Gasteiger partial charge in [0.25, 0.3) is 0 Å². The first kappa shape index (κ1) is 12.9. The van der Waals surface area contributed by atoms with E-state index in [1.165, 1.54) is 5.54 Å². The normalized spacial score (nSPS) is 11.7. The van der Waals surface area contributed by atoms with Gasteiger partial charge in [0.1, 0.15) is 0 Å². The fourth-order valence-electron chi connectivity index (χ4n) is 2.63. The highest BCUT2D eigenvalue weighted by Crippen LogP contribution is 2.22. The van der Waals surface area contributed by atoms with Crippen LogP contribution in [-0.2, 0) is 6.42 Å². The molecule has 20 heavy (non-hydrogen) atoms.